The second kappa shape index (κ2) is 6.30. The van der Waals surface area contributed by atoms with E-state index < -0.39 is 11.4 Å². The number of nitrogens with zero attached hydrogens (tertiary/aromatic N) is 1. The van der Waals surface area contributed by atoms with Crippen molar-refractivity contribution in [3.63, 3.8) is 0 Å². The summed E-state index contributed by atoms with van der Waals surface area (Å²) in [5.41, 5.74) is 6.09. The maximum atomic E-state index is 12.8. The lowest BCUT2D eigenvalue weighted by Gasteiger charge is -2.35. The lowest BCUT2D eigenvalue weighted by Crippen LogP contribution is -2.58. The van der Waals surface area contributed by atoms with Crippen LogP contribution in [0, 0.1) is 0 Å². The highest BCUT2D eigenvalue weighted by atomic mass is 16.5. The summed E-state index contributed by atoms with van der Waals surface area (Å²) in [4.78, 5) is 29.5. The highest BCUT2D eigenvalue weighted by Crippen LogP contribution is 2.31. The molecule has 1 aromatic heterocycles. The molecule has 0 bridgehead atoms. The smallest absolute Gasteiger partial charge is 0.256 e. The van der Waals surface area contributed by atoms with Crippen LogP contribution in [0.15, 0.2) is 12.3 Å². The molecule has 1 aliphatic heterocycles. The van der Waals surface area contributed by atoms with Crippen LogP contribution in [0.5, 0.6) is 0 Å². The Morgan fingerprint density at radius 3 is 2.90 bits per heavy atom. The zero-order chi connectivity index (χ0) is 15.5. The predicted octanol–water partition coefficient (Wildman–Crippen LogP) is 1.07. The maximum absolute atomic E-state index is 12.8. The monoisotopic (exact) mass is 293 g/mol. The van der Waals surface area contributed by atoms with Crippen molar-refractivity contribution in [3.8, 4) is 0 Å². The summed E-state index contributed by atoms with van der Waals surface area (Å²) in [6.07, 6.45) is 4.81. The molecule has 0 aliphatic carbocycles. The number of aromatic amines is 1. The van der Waals surface area contributed by atoms with Crippen molar-refractivity contribution in [1.29, 1.82) is 0 Å². The second-order valence-electron chi connectivity index (χ2n) is 5.51. The molecule has 1 atom stereocenters. The molecule has 0 radical (unpaired) electrons. The SMILES string of the molecule is CCCc1[nH]ccc1C(=O)N1CCCC1(COC)C(N)=O. The number of ether oxygens (including phenoxy) is 1. The van der Waals surface area contributed by atoms with Gasteiger partial charge in [-0.25, -0.2) is 0 Å². The van der Waals surface area contributed by atoms with Gasteiger partial charge < -0.3 is 20.4 Å². The number of aromatic nitrogens is 1. The minimum absolute atomic E-state index is 0.140. The van der Waals surface area contributed by atoms with Gasteiger partial charge in [0, 0.05) is 25.5 Å². The molecule has 6 nitrogen and oxygen atoms in total. The van der Waals surface area contributed by atoms with E-state index in [4.69, 9.17) is 10.5 Å². The Morgan fingerprint density at radius 2 is 2.29 bits per heavy atom. The lowest BCUT2D eigenvalue weighted by atomic mass is 9.95. The van der Waals surface area contributed by atoms with Gasteiger partial charge in [0.25, 0.3) is 5.91 Å². The Hall–Kier alpha value is -1.82. The molecular weight excluding hydrogens is 270 g/mol. The Balaban J connectivity index is 2.32. The van der Waals surface area contributed by atoms with Crippen molar-refractivity contribution in [2.24, 2.45) is 5.73 Å². The van der Waals surface area contributed by atoms with Gasteiger partial charge in [0.2, 0.25) is 5.91 Å². The zero-order valence-electron chi connectivity index (χ0n) is 12.6. The van der Waals surface area contributed by atoms with E-state index in [0.29, 0.717) is 18.5 Å². The number of carbonyl (C=O) groups excluding carboxylic acids is 2. The molecular formula is C15H23N3O3. The van der Waals surface area contributed by atoms with Gasteiger partial charge in [0.1, 0.15) is 5.54 Å². The van der Waals surface area contributed by atoms with Crippen LogP contribution in [-0.4, -0.2) is 47.5 Å². The maximum Gasteiger partial charge on any atom is 0.256 e. The molecule has 1 aromatic rings. The number of likely N-dealkylation sites (tertiary alicyclic amines) is 1. The van der Waals surface area contributed by atoms with Gasteiger partial charge in [0.05, 0.1) is 12.2 Å². The van der Waals surface area contributed by atoms with Crippen molar-refractivity contribution < 1.29 is 14.3 Å². The fourth-order valence-corrected chi connectivity index (χ4v) is 3.10. The lowest BCUT2D eigenvalue weighted by molar-refractivity contribution is -0.130. The summed E-state index contributed by atoms with van der Waals surface area (Å²) in [5.74, 6) is -0.643. The van der Waals surface area contributed by atoms with Crippen LogP contribution in [0.2, 0.25) is 0 Å². The molecule has 0 aromatic carbocycles. The molecule has 1 unspecified atom stereocenters. The minimum Gasteiger partial charge on any atom is -0.382 e. The number of amides is 2. The summed E-state index contributed by atoms with van der Waals surface area (Å²) < 4.78 is 5.16. The summed E-state index contributed by atoms with van der Waals surface area (Å²) in [5, 5.41) is 0. The molecule has 0 spiro atoms. The zero-order valence-corrected chi connectivity index (χ0v) is 12.6. The molecule has 2 amide bonds. The van der Waals surface area contributed by atoms with Gasteiger partial charge in [-0.3, -0.25) is 9.59 Å². The molecule has 3 N–H and O–H groups in total. The quantitative estimate of drug-likeness (QED) is 0.822. The molecule has 0 saturated carbocycles. The highest BCUT2D eigenvalue weighted by molar-refractivity contribution is 6.00. The number of rotatable bonds is 6. The standard InChI is InChI=1S/C15H23N3O3/c1-3-5-12-11(6-8-17-12)13(19)18-9-4-7-15(18,10-21-2)14(16)20/h6,8,17H,3-5,7,9-10H2,1-2H3,(H2,16,20). The van der Waals surface area contributed by atoms with Crippen LogP contribution in [0.4, 0.5) is 0 Å². The van der Waals surface area contributed by atoms with Crippen LogP contribution < -0.4 is 5.73 Å². The molecule has 2 rings (SSSR count). The van der Waals surface area contributed by atoms with Crippen molar-refractivity contribution in [2.45, 2.75) is 38.1 Å². The number of nitrogens with one attached hydrogen (secondary N) is 1. The minimum atomic E-state index is -1.02. The van der Waals surface area contributed by atoms with E-state index in [1.165, 1.54) is 7.11 Å². The van der Waals surface area contributed by atoms with E-state index in [1.54, 1.807) is 17.2 Å². The van der Waals surface area contributed by atoms with E-state index in [0.717, 1.165) is 25.0 Å². The van der Waals surface area contributed by atoms with Gasteiger partial charge in [-0.05, 0) is 25.3 Å². The number of aryl methyl sites for hydroxylation is 1. The largest absolute Gasteiger partial charge is 0.382 e. The number of hydrogen-bond donors (Lipinski definition) is 2. The first-order chi connectivity index (χ1) is 10.1. The van der Waals surface area contributed by atoms with Gasteiger partial charge >= 0.3 is 0 Å². The molecule has 116 valence electrons. The fraction of sp³-hybridized carbons (Fsp3) is 0.600. The van der Waals surface area contributed by atoms with Gasteiger partial charge in [0.15, 0.2) is 0 Å². The van der Waals surface area contributed by atoms with Crippen LogP contribution in [0.25, 0.3) is 0 Å². The highest BCUT2D eigenvalue weighted by Gasteiger charge is 2.49. The summed E-state index contributed by atoms with van der Waals surface area (Å²) >= 11 is 0. The van der Waals surface area contributed by atoms with E-state index in [2.05, 4.69) is 11.9 Å². The van der Waals surface area contributed by atoms with Crippen LogP contribution in [-0.2, 0) is 16.0 Å². The molecule has 21 heavy (non-hydrogen) atoms. The third-order valence-corrected chi connectivity index (χ3v) is 4.14. The Morgan fingerprint density at radius 1 is 1.52 bits per heavy atom. The Labute approximate surface area is 124 Å². The molecule has 1 saturated heterocycles. The molecule has 1 fully saturated rings. The Bertz CT molecular complexity index is 526. The number of carbonyl (C=O) groups is 2. The number of nitrogens with two attached hydrogens (primary N) is 1. The number of primary amides is 1. The van der Waals surface area contributed by atoms with E-state index in [1.807, 2.05) is 0 Å². The van der Waals surface area contributed by atoms with Gasteiger partial charge in [-0.15, -0.1) is 0 Å². The fourth-order valence-electron chi connectivity index (χ4n) is 3.10. The van der Waals surface area contributed by atoms with Crippen molar-refractivity contribution in [2.75, 3.05) is 20.3 Å². The van der Waals surface area contributed by atoms with Gasteiger partial charge in [-0.1, -0.05) is 13.3 Å². The van der Waals surface area contributed by atoms with E-state index in [-0.39, 0.29) is 12.5 Å². The summed E-state index contributed by atoms with van der Waals surface area (Å²) in [6, 6.07) is 1.77. The first-order valence-corrected chi connectivity index (χ1v) is 7.34. The van der Waals surface area contributed by atoms with Crippen molar-refractivity contribution in [3.05, 3.63) is 23.5 Å². The molecule has 1 aliphatic rings. The predicted molar refractivity (Wildman–Crippen MR) is 78.9 cm³/mol. The Kier molecular flexibility index (Phi) is 4.67. The van der Waals surface area contributed by atoms with E-state index >= 15 is 0 Å². The topological polar surface area (TPSA) is 88.4 Å². The van der Waals surface area contributed by atoms with Crippen LogP contribution in [0.3, 0.4) is 0 Å². The van der Waals surface area contributed by atoms with Crippen molar-refractivity contribution >= 4 is 11.8 Å². The summed E-state index contributed by atoms with van der Waals surface area (Å²) in [7, 11) is 1.52. The van der Waals surface area contributed by atoms with Gasteiger partial charge in [-0.2, -0.15) is 0 Å². The normalized spacial score (nSPS) is 21.7. The van der Waals surface area contributed by atoms with Crippen molar-refractivity contribution in [1.82, 2.24) is 9.88 Å². The third kappa shape index (κ3) is 2.68. The number of methoxy groups -OCH3 is 1. The number of H-pyrrole nitrogens is 1. The number of hydrogen-bond acceptors (Lipinski definition) is 3. The average Bonchev–Trinajstić information content (AvgIpc) is 3.06. The van der Waals surface area contributed by atoms with E-state index in [9.17, 15) is 9.59 Å². The van der Waals surface area contributed by atoms with Crippen LogP contribution in [0.1, 0.15) is 42.2 Å². The molecule has 6 heteroatoms. The first kappa shape index (κ1) is 15.6. The average molecular weight is 293 g/mol. The molecule has 2 heterocycles. The second-order valence-corrected chi connectivity index (χ2v) is 5.51. The summed E-state index contributed by atoms with van der Waals surface area (Å²) in [6.45, 7) is 2.73. The third-order valence-electron chi connectivity index (χ3n) is 4.14. The first-order valence-electron chi connectivity index (χ1n) is 7.34. The van der Waals surface area contributed by atoms with Crippen LogP contribution >= 0.6 is 0 Å².